The third kappa shape index (κ3) is 3.36. The molecule has 0 unspecified atom stereocenters. The summed E-state index contributed by atoms with van der Waals surface area (Å²) >= 11 is 3.19. The highest BCUT2D eigenvalue weighted by Crippen LogP contribution is 2.24. The number of benzene rings is 2. The molecule has 0 atom stereocenters. The van der Waals surface area contributed by atoms with Gasteiger partial charge in [-0.05, 0) is 34.1 Å². The molecule has 0 bridgehead atoms. The molecule has 0 aliphatic carbocycles. The summed E-state index contributed by atoms with van der Waals surface area (Å²) in [5, 5.41) is 2.29. The van der Waals surface area contributed by atoms with E-state index in [-0.39, 0.29) is 11.3 Å². The molecule has 0 fully saturated rings. The van der Waals surface area contributed by atoms with Crippen molar-refractivity contribution in [1.82, 2.24) is 0 Å². The Morgan fingerprint density at radius 3 is 2.33 bits per heavy atom. The zero-order valence-electron chi connectivity index (χ0n) is 10.7. The minimum Gasteiger partial charge on any atom is -0.497 e. The first-order chi connectivity index (χ1) is 9.92. The summed E-state index contributed by atoms with van der Waals surface area (Å²) in [5.41, 5.74) is 0.0191. The molecular formula is C14H9BrF3NO2. The second kappa shape index (κ2) is 6.17. The van der Waals surface area contributed by atoms with Crippen molar-refractivity contribution in [2.75, 3.05) is 12.4 Å². The molecule has 0 saturated heterocycles. The van der Waals surface area contributed by atoms with E-state index in [2.05, 4.69) is 21.2 Å². The van der Waals surface area contributed by atoms with Gasteiger partial charge in [-0.1, -0.05) is 0 Å². The average Bonchev–Trinajstić information content (AvgIpc) is 2.45. The highest BCUT2D eigenvalue weighted by atomic mass is 79.9. The van der Waals surface area contributed by atoms with Crippen molar-refractivity contribution in [2.24, 2.45) is 0 Å². The molecule has 110 valence electrons. The monoisotopic (exact) mass is 359 g/mol. The van der Waals surface area contributed by atoms with Crippen molar-refractivity contribution in [3.8, 4) is 5.75 Å². The molecule has 0 spiro atoms. The highest BCUT2D eigenvalue weighted by Gasteiger charge is 2.15. The zero-order valence-corrected chi connectivity index (χ0v) is 12.3. The fraction of sp³-hybridized carbons (Fsp3) is 0.0714. The Morgan fingerprint density at radius 2 is 1.76 bits per heavy atom. The Labute approximate surface area is 126 Å². The van der Waals surface area contributed by atoms with E-state index in [1.807, 2.05) is 0 Å². The third-order valence-corrected chi connectivity index (χ3v) is 3.35. The molecular weight excluding hydrogens is 351 g/mol. The van der Waals surface area contributed by atoms with Crippen molar-refractivity contribution < 1.29 is 22.7 Å². The van der Waals surface area contributed by atoms with Crippen LogP contribution in [0, 0.1) is 17.5 Å². The van der Waals surface area contributed by atoms with Crippen LogP contribution < -0.4 is 10.1 Å². The summed E-state index contributed by atoms with van der Waals surface area (Å²) in [6, 6.07) is 6.09. The summed E-state index contributed by atoms with van der Waals surface area (Å²) in [7, 11) is 1.44. The minimum atomic E-state index is -1.59. The Kier molecular flexibility index (Phi) is 4.52. The maximum absolute atomic E-state index is 13.1. The van der Waals surface area contributed by atoms with E-state index >= 15 is 0 Å². The number of rotatable bonds is 3. The van der Waals surface area contributed by atoms with E-state index in [4.69, 9.17) is 4.74 Å². The molecule has 2 rings (SSSR count). The number of anilines is 1. The fourth-order valence-corrected chi connectivity index (χ4v) is 2.06. The standard InChI is InChI=1S/C14H9BrF3NO2/c1-21-8-2-3-10(15)9(6-8)14(20)19-7-4-11(16)13(18)12(17)5-7/h2-6H,1H3,(H,19,20). The molecule has 0 saturated carbocycles. The van der Waals surface area contributed by atoms with Gasteiger partial charge in [-0.3, -0.25) is 4.79 Å². The van der Waals surface area contributed by atoms with Crippen LogP contribution in [0.5, 0.6) is 5.75 Å². The number of hydrogen-bond donors (Lipinski definition) is 1. The molecule has 0 heterocycles. The predicted octanol–water partition coefficient (Wildman–Crippen LogP) is 4.13. The van der Waals surface area contributed by atoms with Gasteiger partial charge >= 0.3 is 0 Å². The van der Waals surface area contributed by atoms with Gasteiger partial charge in [-0.25, -0.2) is 13.2 Å². The van der Waals surface area contributed by atoms with Crippen LogP contribution in [0.1, 0.15) is 10.4 Å². The first-order valence-corrected chi connectivity index (χ1v) is 6.51. The van der Waals surface area contributed by atoms with Gasteiger partial charge in [0.1, 0.15) is 5.75 Å². The molecule has 21 heavy (non-hydrogen) atoms. The Morgan fingerprint density at radius 1 is 1.14 bits per heavy atom. The van der Waals surface area contributed by atoms with Crippen LogP contribution in [0.15, 0.2) is 34.8 Å². The van der Waals surface area contributed by atoms with Gasteiger partial charge in [0.2, 0.25) is 0 Å². The summed E-state index contributed by atoms with van der Waals surface area (Å²) in [6.07, 6.45) is 0. The molecule has 7 heteroatoms. The first kappa shape index (κ1) is 15.4. The Bertz CT molecular complexity index is 684. The average molecular weight is 360 g/mol. The maximum atomic E-state index is 13.1. The summed E-state index contributed by atoms with van der Waals surface area (Å²) in [4.78, 5) is 12.1. The van der Waals surface area contributed by atoms with Gasteiger partial charge in [0, 0.05) is 22.3 Å². The molecule has 0 aliphatic rings. The second-order valence-electron chi connectivity index (χ2n) is 4.05. The molecule has 2 aromatic rings. The predicted molar refractivity (Wildman–Crippen MR) is 75.0 cm³/mol. The Hall–Kier alpha value is -2.02. The SMILES string of the molecule is COc1ccc(Br)c(C(=O)Nc2cc(F)c(F)c(F)c2)c1. The smallest absolute Gasteiger partial charge is 0.256 e. The Balaban J connectivity index is 2.30. The molecule has 2 aromatic carbocycles. The molecule has 1 amide bonds. The van der Waals surface area contributed by atoms with Crippen molar-refractivity contribution in [3.63, 3.8) is 0 Å². The van der Waals surface area contributed by atoms with Crippen LogP contribution in [-0.2, 0) is 0 Å². The summed E-state index contributed by atoms with van der Waals surface area (Å²) < 4.78 is 44.5. The third-order valence-electron chi connectivity index (χ3n) is 2.66. The van der Waals surface area contributed by atoms with Gasteiger partial charge < -0.3 is 10.1 Å². The number of amides is 1. The van der Waals surface area contributed by atoms with Gasteiger partial charge in [-0.15, -0.1) is 0 Å². The quantitative estimate of drug-likeness (QED) is 0.836. The van der Waals surface area contributed by atoms with Gasteiger partial charge in [0.05, 0.1) is 12.7 Å². The molecule has 0 aliphatic heterocycles. The summed E-state index contributed by atoms with van der Waals surface area (Å²) in [6.45, 7) is 0. The van der Waals surface area contributed by atoms with Crippen molar-refractivity contribution >= 4 is 27.5 Å². The second-order valence-corrected chi connectivity index (χ2v) is 4.91. The lowest BCUT2D eigenvalue weighted by Gasteiger charge is -2.09. The van der Waals surface area contributed by atoms with Crippen molar-refractivity contribution in [2.45, 2.75) is 0 Å². The lowest BCUT2D eigenvalue weighted by molar-refractivity contribution is 0.102. The minimum absolute atomic E-state index is 0.189. The van der Waals surface area contributed by atoms with E-state index in [0.717, 1.165) is 0 Å². The van der Waals surface area contributed by atoms with Gasteiger partial charge in [0.15, 0.2) is 17.5 Å². The molecule has 3 nitrogen and oxygen atoms in total. The van der Waals surface area contributed by atoms with Crippen LogP contribution >= 0.6 is 15.9 Å². The first-order valence-electron chi connectivity index (χ1n) is 5.72. The topological polar surface area (TPSA) is 38.3 Å². The van der Waals surface area contributed by atoms with E-state index in [0.29, 0.717) is 22.4 Å². The van der Waals surface area contributed by atoms with Gasteiger partial charge in [0.25, 0.3) is 5.91 Å². The van der Waals surface area contributed by atoms with Crippen LogP contribution in [0.25, 0.3) is 0 Å². The van der Waals surface area contributed by atoms with Gasteiger partial charge in [-0.2, -0.15) is 0 Å². The number of carbonyl (C=O) groups excluding carboxylic acids is 1. The molecule has 0 radical (unpaired) electrons. The lowest BCUT2D eigenvalue weighted by Crippen LogP contribution is -2.13. The maximum Gasteiger partial charge on any atom is 0.256 e. The van der Waals surface area contributed by atoms with Crippen LogP contribution in [0.3, 0.4) is 0 Å². The fourth-order valence-electron chi connectivity index (χ4n) is 1.63. The highest BCUT2D eigenvalue weighted by molar-refractivity contribution is 9.10. The van der Waals surface area contributed by atoms with Crippen LogP contribution in [0.4, 0.5) is 18.9 Å². The number of hydrogen-bond acceptors (Lipinski definition) is 2. The van der Waals surface area contributed by atoms with Crippen molar-refractivity contribution in [3.05, 3.63) is 57.8 Å². The molecule has 1 N–H and O–H groups in total. The number of ether oxygens (including phenoxy) is 1. The van der Waals surface area contributed by atoms with Crippen molar-refractivity contribution in [1.29, 1.82) is 0 Å². The number of nitrogens with one attached hydrogen (secondary N) is 1. The van der Waals surface area contributed by atoms with Crippen LogP contribution in [-0.4, -0.2) is 13.0 Å². The number of carbonyl (C=O) groups is 1. The van der Waals surface area contributed by atoms with E-state index < -0.39 is 23.4 Å². The number of methoxy groups -OCH3 is 1. The zero-order chi connectivity index (χ0) is 15.6. The van der Waals surface area contributed by atoms with E-state index in [1.165, 1.54) is 13.2 Å². The number of halogens is 4. The lowest BCUT2D eigenvalue weighted by atomic mass is 10.2. The van der Waals surface area contributed by atoms with E-state index in [9.17, 15) is 18.0 Å². The molecule has 0 aromatic heterocycles. The van der Waals surface area contributed by atoms with E-state index in [1.54, 1.807) is 12.1 Å². The van der Waals surface area contributed by atoms with Crippen LogP contribution in [0.2, 0.25) is 0 Å². The summed E-state index contributed by atoms with van der Waals surface area (Å²) in [5.74, 6) is -4.52. The largest absolute Gasteiger partial charge is 0.497 e. The normalized spacial score (nSPS) is 10.3.